The Kier molecular flexibility index (Phi) is 3.40. The van der Waals surface area contributed by atoms with E-state index in [1.165, 1.54) is 12.0 Å². The standard InChI is InChI=1S/C14H15NO2/c1-11-10-17-15(12(2)16)9-14(11)8-13-6-4-3-5-7-13/h3-8H,1,9-10H2,2H3/b14-8+. The van der Waals surface area contributed by atoms with Crippen LogP contribution in [0.5, 0.6) is 0 Å². The Morgan fingerprint density at radius 3 is 2.76 bits per heavy atom. The molecule has 1 fully saturated rings. The highest BCUT2D eigenvalue weighted by Gasteiger charge is 2.19. The average molecular weight is 229 g/mol. The molecule has 1 heterocycles. The molecule has 0 saturated carbocycles. The lowest BCUT2D eigenvalue weighted by Crippen LogP contribution is -2.36. The molecule has 3 nitrogen and oxygen atoms in total. The molecule has 3 heteroatoms. The number of rotatable bonds is 1. The van der Waals surface area contributed by atoms with Crippen molar-refractivity contribution in [3.8, 4) is 0 Å². The molecule has 0 aliphatic carbocycles. The summed E-state index contributed by atoms with van der Waals surface area (Å²) in [4.78, 5) is 16.5. The quantitative estimate of drug-likeness (QED) is 0.740. The maximum Gasteiger partial charge on any atom is 0.243 e. The molecule has 17 heavy (non-hydrogen) atoms. The average Bonchev–Trinajstić information content (AvgIpc) is 2.33. The zero-order valence-corrected chi connectivity index (χ0v) is 9.85. The lowest BCUT2D eigenvalue weighted by Gasteiger charge is -2.28. The molecule has 1 aromatic rings. The topological polar surface area (TPSA) is 29.5 Å². The number of benzene rings is 1. The fourth-order valence-corrected chi connectivity index (χ4v) is 1.66. The van der Waals surface area contributed by atoms with Crippen LogP contribution in [0.2, 0.25) is 0 Å². The van der Waals surface area contributed by atoms with E-state index in [1.807, 2.05) is 36.4 Å². The highest BCUT2D eigenvalue weighted by molar-refractivity contribution is 5.73. The Bertz CT molecular complexity index is 462. The van der Waals surface area contributed by atoms with Crippen molar-refractivity contribution in [2.24, 2.45) is 0 Å². The Morgan fingerprint density at radius 2 is 2.12 bits per heavy atom. The van der Waals surface area contributed by atoms with Gasteiger partial charge in [0.1, 0.15) is 0 Å². The molecule has 1 aromatic carbocycles. The zero-order valence-electron chi connectivity index (χ0n) is 9.85. The van der Waals surface area contributed by atoms with Crippen molar-refractivity contribution in [2.75, 3.05) is 13.2 Å². The summed E-state index contributed by atoms with van der Waals surface area (Å²) in [7, 11) is 0. The maximum absolute atomic E-state index is 11.2. The largest absolute Gasteiger partial charge is 0.273 e. The summed E-state index contributed by atoms with van der Waals surface area (Å²) in [5, 5.41) is 1.36. The summed E-state index contributed by atoms with van der Waals surface area (Å²) in [6, 6.07) is 9.98. The van der Waals surface area contributed by atoms with E-state index in [1.54, 1.807) is 0 Å². The number of nitrogens with zero attached hydrogens (tertiary/aromatic N) is 1. The van der Waals surface area contributed by atoms with Gasteiger partial charge in [0.05, 0.1) is 13.2 Å². The van der Waals surface area contributed by atoms with Crippen molar-refractivity contribution in [1.82, 2.24) is 5.06 Å². The fourth-order valence-electron chi connectivity index (χ4n) is 1.66. The van der Waals surface area contributed by atoms with Gasteiger partial charge >= 0.3 is 0 Å². The first-order valence-corrected chi connectivity index (χ1v) is 5.51. The van der Waals surface area contributed by atoms with E-state index in [4.69, 9.17) is 4.84 Å². The number of hydrogen-bond acceptors (Lipinski definition) is 2. The van der Waals surface area contributed by atoms with Crippen LogP contribution < -0.4 is 0 Å². The molecule has 0 atom stereocenters. The number of hydroxylamine groups is 2. The third kappa shape index (κ3) is 2.82. The maximum atomic E-state index is 11.2. The third-order valence-electron chi connectivity index (χ3n) is 2.65. The van der Waals surface area contributed by atoms with Crippen LogP contribution in [0.25, 0.3) is 6.08 Å². The summed E-state index contributed by atoms with van der Waals surface area (Å²) in [5.74, 6) is -0.0866. The van der Waals surface area contributed by atoms with Crippen LogP contribution in [-0.4, -0.2) is 24.1 Å². The van der Waals surface area contributed by atoms with Crippen LogP contribution in [-0.2, 0) is 9.63 Å². The van der Waals surface area contributed by atoms with Gasteiger partial charge < -0.3 is 0 Å². The summed E-state index contributed by atoms with van der Waals surface area (Å²) in [5.41, 5.74) is 3.07. The lowest BCUT2D eigenvalue weighted by molar-refractivity contribution is -0.181. The Labute approximate surface area is 101 Å². The predicted octanol–water partition coefficient (Wildman–Crippen LogP) is 2.42. The molecular weight excluding hydrogens is 214 g/mol. The SMILES string of the molecule is C=C1CON(C(C)=O)C/C1=C\c1ccccc1. The van der Waals surface area contributed by atoms with Crippen LogP contribution in [0.15, 0.2) is 48.1 Å². The van der Waals surface area contributed by atoms with Crippen LogP contribution >= 0.6 is 0 Å². The molecule has 88 valence electrons. The number of hydrogen-bond donors (Lipinski definition) is 0. The second-order valence-electron chi connectivity index (χ2n) is 4.01. The monoisotopic (exact) mass is 229 g/mol. The molecule has 0 N–H and O–H groups in total. The van der Waals surface area contributed by atoms with E-state index in [0.29, 0.717) is 13.2 Å². The first kappa shape index (κ1) is 11.6. The molecule has 0 unspecified atom stereocenters. The van der Waals surface area contributed by atoms with Crippen molar-refractivity contribution in [3.63, 3.8) is 0 Å². The van der Waals surface area contributed by atoms with Gasteiger partial charge in [0, 0.05) is 6.92 Å². The summed E-state index contributed by atoms with van der Waals surface area (Å²) in [6.07, 6.45) is 2.04. The minimum Gasteiger partial charge on any atom is -0.273 e. The van der Waals surface area contributed by atoms with E-state index in [9.17, 15) is 4.79 Å². The third-order valence-corrected chi connectivity index (χ3v) is 2.65. The van der Waals surface area contributed by atoms with Gasteiger partial charge in [0.15, 0.2) is 0 Å². The molecule has 1 aliphatic rings. The number of carbonyl (C=O) groups is 1. The molecule has 1 amide bonds. The van der Waals surface area contributed by atoms with E-state index in [2.05, 4.69) is 6.58 Å². The van der Waals surface area contributed by atoms with Crippen LogP contribution in [0, 0.1) is 0 Å². The molecule has 0 radical (unpaired) electrons. The molecular formula is C14H15NO2. The minimum atomic E-state index is -0.0866. The van der Waals surface area contributed by atoms with Gasteiger partial charge in [-0.1, -0.05) is 36.9 Å². The van der Waals surface area contributed by atoms with Crippen molar-refractivity contribution in [3.05, 3.63) is 53.6 Å². The molecule has 1 aliphatic heterocycles. The van der Waals surface area contributed by atoms with Gasteiger partial charge in [-0.25, -0.2) is 5.06 Å². The second-order valence-corrected chi connectivity index (χ2v) is 4.01. The summed E-state index contributed by atoms with van der Waals surface area (Å²) >= 11 is 0. The fraction of sp³-hybridized carbons (Fsp3) is 0.214. The molecule has 0 bridgehead atoms. The predicted molar refractivity (Wildman–Crippen MR) is 66.9 cm³/mol. The number of amides is 1. The number of carbonyl (C=O) groups excluding carboxylic acids is 1. The molecule has 0 aromatic heterocycles. The van der Waals surface area contributed by atoms with Gasteiger partial charge in [-0.2, -0.15) is 0 Å². The van der Waals surface area contributed by atoms with Crippen LogP contribution in [0.4, 0.5) is 0 Å². The van der Waals surface area contributed by atoms with Gasteiger partial charge in [-0.05, 0) is 22.8 Å². The highest BCUT2D eigenvalue weighted by atomic mass is 16.7. The van der Waals surface area contributed by atoms with Crippen molar-refractivity contribution < 1.29 is 9.63 Å². The van der Waals surface area contributed by atoms with E-state index >= 15 is 0 Å². The van der Waals surface area contributed by atoms with Crippen molar-refractivity contribution in [1.29, 1.82) is 0 Å². The Morgan fingerprint density at radius 1 is 1.41 bits per heavy atom. The van der Waals surface area contributed by atoms with Gasteiger partial charge in [-0.3, -0.25) is 9.63 Å². The van der Waals surface area contributed by atoms with Crippen LogP contribution in [0.1, 0.15) is 12.5 Å². The van der Waals surface area contributed by atoms with E-state index in [-0.39, 0.29) is 5.91 Å². The van der Waals surface area contributed by atoms with Gasteiger partial charge in [0.2, 0.25) is 5.91 Å². The zero-order chi connectivity index (χ0) is 12.3. The molecule has 0 spiro atoms. The Hall–Kier alpha value is -1.87. The Balaban J connectivity index is 2.21. The van der Waals surface area contributed by atoms with Crippen molar-refractivity contribution >= 4 is 12.0 Å². The molecule has 2 rings (SSSR count). The first-order chi connectivity index (χ1) is 8.16. The minimum absolute atomic E-state index is 0.0866. The van der Waals surface area contributed by atoms with E-state index < -0.39 is 0 Å². The van der Waals surface area contributed by atoms with Gasteiger partial charge in [0.25, 0.3) is 0 Å². The van der Waals surface area contributed by atoms with Crippen molar-refractivity contribution in [2.45, 2.75) is 6.92 Å². The first-order valence-electron chi connectivity index (χ1n) is 5.51. The lowest BCUT2D eigenvalue weighted by atomic mass is 10.0. The molecule has 1 saturated heterocycles. The summed E-state index contributed by atoms with van der Waals surface area (Å²) in [6.45, 7) is 6.28. The second kappa shape index (κ2) is 4.97. The van der Waals surface area contributed by atoms with E-state index in [0.717, 1.165) is 16.7 Å². The van der Waals surface area contributed by atoms with Crippen LogP contribution in [0.3, 0.4) is 0 Å². The normalized spacial score (nSPS) is 18.5. The summed E-state index contributed by atoms with van der Waals surface area (Å²) < 4.78 is 0. The smallest absolute Gasteiger partial charge is 0.243 e. The van der Waals surface area contributed by atoms with Gasteiger partial charge in [-0.15, -0.1) is 0 Å². The highest BCUT2D eigenvalue weighted by Crippen LogP contribution is 2.20.